The molecule has 0 fully saturated rings. The van der Waals surface area contributed by atoms with Crippen LogP contribution in [-0.4, -0.2) is 0 Å². The van der Waals surface area contributed by atoms with Crippen LogP contribution in [0.4, 0.5) is 0 Å². The van der Waals surface area contributed by atoms with E-state index in [-0.39, 0.29) is 0 Å². The molecule has 1 aliphatic rings. The molecule has 0 atom stereocenters. The van der Waals surface area contributed by atoms with Crippen molar-refractivity contribution in [2.24, 2.45) is 0 Å². The molecule has 6 aromatic carbocycles. The van der Waals surface area contributed by atoms with Gasteiger partial charge >= 0.3 is 0 Å². The zero-order valence-corrected chi connectivity index (χ0v) is 17.1. The first-order valence-electron chi connectivity index (χ1n) is 10.9. The van der Waals surface area contributed by atoms with E-state index >= 15 is 0 Å². The van der Waals surface area contributed by atoms with Crippen LogP contribution in [0.3, 0.4) is 0 Å². The van der Waals surface area contributed by atoms with E-state index < -0.39 is 0 Å². The maximum absolute atomic E-state index is 2.36. The van der Waals surface area contributed by atoms with Crippen LogP contribution in [0, 0.1) is 0 Å². The Bertz CT molecular complexity index is 1650. The summed E-state index contributed by atoms with van der Waals surface area (Å²) in [4.78, 5) is 0. The molecule has 0 aliphatic heterocycles. The largest absolute Gasteiger partial charge is 0.0616 e. The van der Waals surface area contributed by atoms with Gasteiger partial charge in [-0.1, -0.05) is 103 Å². The number of hydrogen-bond donors (Lipinski definition) is 0. The lowest BCUT2D eigenvalue weighted by Gasteiger charge is -2.11. The van der Waals surface area contributed by atoms with Crippen LogP contribution in [-0.2, 0) is 6.42 Å². The molecule has 0 saturated heterocycles. The van der Waals surface area contributed by atoms with Crippen LogP contribution in [0.1, 0.15) is 11.1 Å². The fraction of sp³-hybridized carbons (Fsp3) is 0.0323. The summed E-state index contributed by atoms with van der Waals surface area (Å²) in [5, 5.41) is 7.98. The summed E-state index contributed by atoms with van der Waals surface area (Å²) in [6.45, 7) is 0. The summed E-state index contributed by atoms with van der Waals surface area (Å²) in [6, 6.07) is 40.2. The van der Waals surface area contributed by atoms with Gasteiger partial charge in [0.25, 0.3) is 0 Å². The van der Waals surface area contributed by atoms with E-state index in [0.29, 0.717) is 0 Å². The van der Waals surface area contributed by atoms with E-state index in [1.807, 2.05) is 0 Å². The van der Waals surface area contributed by atoms with Crippen molar-refractivity contribution in [2.45, 2.75) is 6.42 Å². The van der Waals surface area contributed by atoms with Gasteiger partial charge in [0.15, 0.2) is 0 Å². The highest BCUT2D eigenvalue weighted by atomic mass is 14.3. The van der Waals surface area contributed by atoms with Gasteiger partial charge in [-0.2, -0.15) is 0 Å². The minimum Gasteiger partial charge on any atom is -0.0616 e. The monoisotopic (exact) mass is 392 g/mol. The molecule has 0 heteroatoms. The first kappa shape index (κ1) is 16.8. The number of benzene rings is 6. The minimum absolute atomic E-state index is 1.01. The van der Waals surface area contributed by atoms with Crippen molar-refractivity contribution >= 4 is 32.3 Å². The molecule has 6 aromatic rings. The molecule has 144 valence electrons. The molecule has 0 bridgehead atoms. The molecule has 1 aliphatic carbocycles. The predicted molar refractivity (Wildman–Crippen MR) is 133 cm³/mol. The standard InChI is InChI=1S/C31H20/c1-3-9-25-20(6-1)8-5-11-26(25)22-14-16-27-23(18-22)15-17-29-30(27)19-24-13-12-21-7-2-4-10-28(21)31(24)29/h1-18H,19H2. The Morgan fingerprint density at radius 3 is 2.10 bits per heavy atom. The summed E-state index contributed by atoms with van der Waals surface area (Å²) >= 11 is 0. The van der Waals surface area contributed by atoms with Crippen molar-refractivity contribution in [1.82, 2.24) is 0 Å². The third kappa shape index (κ3) is 2.42. The minimum atomic E-state index is 1.01. The zero-order chi connectivity index (χ0) is 20.4. The lowest BCUT2D eigenvalue weighted by atomic mass is 9.93. The smallest absolute Gasteiger partial charge is 0.000705 e. The molecular formula is C31H20. The van der Waals surface area contributed by atoms with Gasteiger partial charge in [0.05, 0.1) is 0 Å². The highest BCUT2D eigenvalue weighted by molar-refractivity contribution is 6.06. The molecule has 0 nitrogen and oxygen atoms in total. The van der Waals surface area contributed by atoms with Crippen molar-refractivity contribution in [3.8, 4) is 22.3 Å². The highest BCUT2D eigenvalue weighted by Crippen LogP contribution is 2.44. The average Bonchev–Trinajstić information content (AvgIpc) is 3.23. The van der Waals surface area contributed by atoms with Gasteiger partial charge < -0.3 is 0 Å². The van der Waals surface area contributed by atoms with Gasteiger partial charge in [0, 0.05) is 0 Å². The van der Waals surface area contributed by atoms with Gasteiger partial charge in [0.1, 0.15) is 0 Å². The third-order valence-corrected chi connectivity index (χ3v) is 6.88. The third-order valence-electron chi connectivity index (χ3n) is 6.88. The maximum atomic E-state index is 2.36. The van der Waals surface area contributed by atoms with Crippen LogP contribution >= 0.6 is 0 Å². The zero-order valence-electron chi connectivity index (χ0n) is 17.1. The van der Waals surface area contributed by atoms with Gasteiger partial charge in [0.2, 0.25) is 0 Å². The topological polar surface area (TPSA) is 0 Å². The molecule has 0 saturated carbocycles. The predicted octanol–water partition coefficient (Wildman–Crippen LogP) is 8.38. The van der Waals surface area contributed by atoms with Crippen molar-refractivity contribution in [2.75, 3.05) is 0 Å². The lowest BCUT2D eigenvalue weighted by Crippen LogP contribution is -1.86. The normalized spacial score (nSPS) is 12.4. The van der Waals surface area contributed by atoms with Crippen LogP contribution in [0.15, 0.2) is 109 Å². The Morgan fingerprint density at radius 2 is 1.19 bits per heavy atom. The van der Waals surface area contributed by atoms with E-state index in [1.54, 1.807) is 0 Å². The molecule has 31 heavy (non-hydrogen) atoms. The van der Waals surface area contributed by atoms with E-state index in [2.05, 4.69) is 109 Å². The van der Waals surface area contributed by atoms with E-state index in [0.717, 1.165) is 6.42 Å². The SMILES string of the molecule is c1ccc2c(-c3ccc4c5c(ccc4c3)-c3c(ccc4ccccc34)C5)cccc2c1. The van der Waals surface area contributed by atoms with E-state index in [4.69, 9.17) is 0 Å². The second-order valence-electron chi connectivity index (χ2n) is 8.55. The fourth-order valence-electron chi connectivity index (χ4n) is 5.44. The molecule has 0 N–H and O–H groups in total. The molecule has 0 aromatic heterocycles. The Kier molecular flexibility index (Phi) is 3.42. The fourth-order valence-corrected chi connectivity index (χ4v) is 5.44. The Balaban J connectivity index is 1.44. The maximum Gasteiger partial charge on any atom is -0.000705 e. The molecule has 0 heterocycles. The summed E-state index contributed by atoms with van der Waals surface area (Å²) in [6.07, 6.45) is 1.01. The number of hydrogen-bond acceptors (Lipinski definition) is 0. The molecule has 0 radical (unpaired) electrons. The quantitative estimate of drug-likeness (QED) is 0.263. The van der Waals surface area contributed by atoms with Crippen molar-refractivity contribution < 1.29 is 0 Å². The van der Waals surface area contributed by atoms with Crippen molar-refractivity contribution in [1.29, 1.82) is 0 Å². The number of fused-ring (bicyclic) bond motifs is 8. The summed E-state index contributed by atoms with van der Waals surface area (Å²) in [5.41, 5.74) is 8.32. The van der Waals surface area contributed by atoms with Crippen LogP contribution in [0.2, 0.25) is 0 Å². The lowest BCUT2D eigenvalue weighted by molar-refractivity contribution is 1.29. The van der Waals surface area contributed by atoms with Crippen molar-refractivity contribution in [3.63, 3.8) is 0 Å². The highest BCUT2D eigenvalue weighted by Gasteiger charge is 2.22. The van der Waals surface area contributed by atoms with Gasteiger partial charge in [-0.3, -0.25) is 0 Å². The molecule has 7 rings (SSSR count). The molecule has 0 unspecified atom stereocenters. The van der Waals surface area contributed by atoms with Crippen LogP contribution in [0.5, 0.6) is 0 Å². The van der Waals surface area contributed by atoms with Crippen LogP contribution in [0.25, 0.3) is 54.6 Å². The van der Waals surface area contributed by atoms with Crippen LogP contribution < -0.4 is 0 Å². The Morgan fingerprint density at radius 1 is 0.452 bits per heavy atom. The van der Waals surface area contributed by atoms with Gasteiger partial charge in [-0.05, 0) is 78.2 Å². The van der Waals surface area contributed by atoms with Gasteiger partial charge in [-0.25, -0.2) is 0 Å². The second kappa shape index (κ2) is 6.30. The Hall–Kier alpha value is -3.90. The summed E-state index contributed by atoms with van der Waals surface area (Å²) in [7, 11) is 0. The van der Waals surface area contributed by atoms with E-state index in [9.17, 15) is 0 Å². The van der Waals surface area contributed by atoms with Crippen molar-refractivity contribution in [3.05, 3.63) is 120 Å². The van der Waals surface area contributed by atoms with Gasteiger partial charge in [-0.15, -0.1) is 0 Å². The first-order valence-corrected chi connectivity index (χ1v) is 10.9. The second-order valence-corrected chi connectivity index (χ2v) is 8.55. The first-order chi connectivity index (χ1) is 15.4. The Labute approximate surface area is 181 Å². The molecular weight excluding hydrogens is 372 g/mol. The molecule has 0 spiro atoms. The average molecular weight is 393 g/mol. The summed E-state index contributed by atoms with van der Waals surface area (Å²) in [5.74, 6) is 0. The number of rotatable bonds is 1. The van der Waals surface area contributed by atoms with E-state index in [1.165, 1.54) is 65.7 Å². The summed E-state index contributed by atoms with van der Waals surface area (Å²) < 4.78 is 0. The molecule has 0 amide bonds.